The second-order valence-electron chi connectivity index (χ2n) is 8.29. The number of non-ortho nitro benzene ring substituents is 1. The molecule has 2 heterocycles. The molecule has 33 heavy (non-hydrogen) atoms. The molecule has 3 atom stereocenters. The molecule has 172 valence electrons. The maximum atomic E-state index is 12.9. The van der Waals surface area contributed by atoms with Crippen LogP contribution in [-0.2, 0) is 20.9 Å². The van der Waals surface area contributed by atoms with Crippen molar-refractivity contribution in [2.24, 2.45) is 4.99 Å². The molecule has 1 amide bonds. The first kappa shape index (κ1) is 22.8. The third-order valence-electron chi connectivity index (χ3n) is 5.66. The third kappa shape index (κ3) is 4.43. The molecule has 2 fully saturated rings. The highest BCUT2D eigenvalue weighted by Crippen LogP contribution is 2.52. The van der Waals surface area contributed by atoms with Crippen LogP contribution in [0.3, 0.4) is 0 Å². The number of carbonyl (C=O) groups excluding carboxylic acids is 2. The average Bonchev–Trinajstić information content (AvgIpc) is 3.05. The van der Waals surface area contributed by atoms with Gasteiger partial charge in [0, 0.05) is 23.1 Å². The topological polar surface area (TPSA) is 111 Å². The molecule has 0 aliphatic carbocycles. The van der Waals surface area contributed by atoms with Crippen molar-refractivity contribution in [2.45, 2.75) is 42.7 Å². The van der Waals surface area contributed by atoms with Crippen LogP contribution < -0.4 is 4.74 Å². The smallest absolute Gasteiger partial charge is 0.330 e. The predicted molar refractivity (Wildman–Crippen MR) is 123 cm³/mol. The van der Waals surface area contributed by atoms with Gasteiger partial charge in [-0.25, -0.2) is 4.79 Å². The van der Waals surface area contributed by atoms with Gasteiger partial charge in [-0.15, -0.1) is 11.8 Å². The lowest BCUT2D eigenvalue weighted by Crippen LogP contribution is -2.65. The summed E-state index contributed by atoms with van der Waals surface area (Å²) in [5.41, 5.74) is 1.47. The molecule has 2 aromatic carbocycles. The zero-order valence-corrected chi connectivity index (χ0v) is 19.2. The van der Waals surface area contributed by atoms with Gasteiger partial charge >= 0.3 is 5.97 Å². The van der Waals surface area contributed by atoms with E-state index in [1.807, 2.05) is 26.0 Å². The van der Waals surface area contributed by atoms with Crippen LogP contribution in [0, 0.1) is 10.1 Å². The van der Waals surface area contributed by atoms with Gasteiger partial charge in [-0.05, 0) is 49.2 Å². The number of β-lactam (4-membered cyclic amide) rings is 1. The Bertz CT molecular complexity index is 1100. The highest BCUT2D eigenvalue weighted by molar-refractivity contribution is 8.01. The standard InChI is InChI=1S/C23H23N3O6S/c1-23(2)19(22(28)32-13-15-6-10-17(31-3)11-7-15)25-20(27)18(21(25)33-23)24-12-14-4-8-16(9-5-14)26(29)30/h4-12,18-19,21H,13H2,1-3H3/t18-,19+,21-/m1/s1. The van der Waals surface area contributed by atoms with Crippen LogP contribution in [0.15, 0.2) is 53.5 Å². The van der Waals surface area contributed by atoms with Gasteiger partial charge in [-0.1, -0.05) is 12.1 Å². The summed E-state index contributed by atoms with van der Waals surface area (Å²) < 4.78 is 10.1. The van der Waals surface area contributed by atoms with E-state index in [2.05, 4.69) is 4.99 Å². The summed E-state index contributed by atoms with van der Waals surface area (Å²) in [6.07, 6.45) is 1.53. The molecule has 0 unspecified atom stereocenters. The molecule has 0 N–H and O–H groups in total. The van der Waals surface area contributed by atoms with Crippen molar-refractivity contribution in [2.75, 3.05) is 7.11 Å². The van der Waals surface area contributed by atoms with Crippen molar-refractivity contribution in [1.82, 2.24) is 4.90 Å². The SMILES string of the molecule is COc1ccc(COC(=O)[C@@H]2N3C(=O)[C@@H](N=Cc4ccc([N+](=O)[O-])cc4)[C@H]3SC2(C)C)cc1. The summed E-state index contributed by atoms with van der Waals surface area (Å²) in [5, 5.41) is 10.5. The summed E-state index contributed by atoms with van der Waals surface area (Å²) in [6, 6.07) is 11.8. The van der Waals surface area contributed by atoms with Crippen LogP contribution in [-0.4, -0.2) is 57.2 Å². The summed E-state index contributed by atoms with van der Waals surface area (Å²) in [7, 11) is 1.58. The van der Waals surface area contributed by atoms with Gasteiger partial charge in [0.25, 0.3) is 11.6 Å². The van der Waals surface area contributed by atoms with Crippen molar-refractivity contribution in [3.63, 3.8) is 0 Å². The van der Waals surface area contributed by atoms with Crippen molar-refractivity contribution in [3.05, 3.63) is 69.8 Å². The average molecular weight is 470 g/mol. The first-order chi connectivity index (χ1) is 15.7. The van der Waals surface area contributed by atoms with Crippen LogP contribution >= 0.6 is 11.8 Å². The quantitative estimate of drug-likeness (QED) is 0.201. The normalized spacial score (nSPS) is 23.2. The number of aliphatic imine (C=N–C) groups is 1. The second-order valence-corrected chi connectivity index (χ2v) is 10.1. The van der Waals surface area contributed by atoms with Crippen molar-refractivity contribution < 1.29 is 24.0 Å². The fraction of sp³-hybridized carbons (Fsp3) is 0.348. The number of hydrogen-bond donors (Lipinski definition) is 0. The Labute approximate surface area is 194 Å². The van der Waals surface area contributed by atoms with Crippen LogP contribution in [0.5, 0.6) is 5.75 Å². The fourth-order valence-electron chi connectivity index (χ4n) is 3.91. The molecule has 2 aliphatic heterocycles. The molecule has 0 radical (unpaired) electrons. The first-order valence-electron chi connectivity index (χ1n) is 10.3. The Morgan fingerprint density at radius 2 is 1.88 bits per heavy atom. The van der Waals surface area contributed by atoms with Crippen molar-refractivity contribution in [1.29, 1.82) is 0 Å². The molecular weight excluding hydrogens is 446 g/mol. The van der Waals surface area contributed by atoms with E-state index in [0.717, 1.165) is 5.56 Å². The maximum Gasteiger partial charge on any atom is 0.330 e. The Balaban J connectivity index is 1.41. The summed E-state index contributed by atoms with van der Waals surface area (Å²) in [6.45, 7) is 3.94. The van der Waals surface area contributed by atoms with Crippen LogP contribution in [0.1, 0.15) is 25.0 Å². The molecular formula is C23H23N3O6S. The Morgan fingerprint density at radius 1 is 1.21 bits per heavy atom. The molecule has 0 aromatic heterocycles. The van der Waals surface area contributed by atoms with Crippen LogP contribution in [0.25, 0.3) is 0 Å². The number of methoxy groups -OCH3 is 1. The van der Waals surface area contributed by atoms with E-state index in [1.54, 1.807) is 36.3 Å². The zero-order valence-electron chi connectivity index (χ0n) is 18.3. The number of thioether (sulfide) groups is 1. The number of carbonyl (C=O) groups is 2. The van der Waals surface area contributed by atoms with E-state index >= 15 is 0 Å². The minimum atomic E-state index is -0.705. The molecule has 0 bridgehead atoms. The number of esters is 1. The number of fused-ring (bicyclic) bond motifs is 1. The van der Waals surface area contributed by atoms with E-state index in [-0.39, 0.29) is 23.6 Å². The third-order valence-corrected chi connectivity index (χ3v) is 7.22. The summed E-state index contributed by atoms with van der Waals surface area (Å²) in [4.78, 5) is 42.0. The van der Waals surface area contributed by atoms with Crippen LogP contribution in [0.4, 0.5) is 5.69 Å². The lowest BCUT2D eigenvalue weighted by molar-refractivity contribution is -0.384. The van der Waals surface area contributed by atoms with E-state index in [9.17, 15) is 19.7 Å². The Hall–Kier alpha value is -3.40. The molecule has 2 saturated heterocycles. The number of amides is 1. The van der Waals surface area contributed by atoms with E-state index in [4.69, 9.17) is 9.47 Å². The van der Waals surface area contributed by atoms with Gasteiger partial charge in [-0.2, -0.15) is 0 Å². The lowest BCUT2D eigenvalue weighted by Gasteiger charge is -2.41. The van der Waals surface area contributed by atoms with Gasteiger partial charge in [0.2, 0.25) is 0 Å². The molecule has 4 rings (SSSR count). The molecule has 9 nitrogen and oxygen atoms in total. The number of nitro benzene ring substituents is 1. The zero-order chi connectivity index (χ0) is 23.8. The van der Waals surface area contributed by atoms with Crippen molar-refractivity contribution in [3.8, 4) is 5.75 Å². The lowest BCUT2D eigenvalue weighted by atomic mass is 9.96. The van der Waals surface area contributed by atoms with Gasteiger partial charge < -0.3 is 14.4 Å². The van der Waals surface area contributed by atoms with Crippen LogP contribution in [0.2, 0.25) is 0 Å². The maximum absolute atomic E-state index is 12.9. The molecule has 2 aliphatic rings. The highest BCUT2D eigenvalue weighted by atomic mass is 32.2. The number of nitrogens with zero attached hydrogens (tertiary/aromatic N) is 3. The summed E-state index contributed by atoms with van der Waals surface area (Å²) >= 11 is 1.52. The van der Waals surface area contributed by atoms with E-state index in [1.165, 1.54) is 30.1 Å². The van der Waals surface area contributed by atoms with E-state index in [0.29, 0.717) is 11.3 Å². The Kier molecular flexibility index (Phi) is 6.11. The number of rotatable bonds is 7. The number of ether oxygens (including phenoxy) is 2. The Morgan fingerprint density at radius 3 is 2.48 bits per heavy atom. The van der Waals surface area contributed by atoms with Gasteiger partial charge in [0.15, 0.2) is 6.04 Å². The number of hydrogen-bond acceptors (Lipinski definition) is 8. The fourth-order valence-corrected chi connectivity index (χ4v) is 5.53. The molecule has 0 saturated carbocycles. The largest absolute Gasteiger partial charge is 0.497 e. The second kappa shape index (κ2) is 8.86. The minimum absolute atomic E-state index is 0.0119. The minimum Gasteiger partial charge on any atom is -0.497 e. The monoisotopic (exact) mass is 469 g/mol. The molecule has 2 aromatic rings. The first-order valence-corrected chi connectivity index (χ1v) is 11.2. The van der Waals surface area contributed by atoms with Crippen molar-refractivity contribution >= 4 is 35.5 Å². The van der Waals surface area contributed by atoms with Gasteiger partial charge in [0.05, 0.1) is 12.0 Å². The molecule has 0 spiro atoms. The predicted octanol–water partition coefficient (Wildman–Crippen LogP) is 3.20. The number of nitro groups is 1. The summed E-state index contributed by atoms with van der Waals surface area (Å²) in [5.74, 6) is 0.0346. The number of benzene rings is 2. The van der Waals surface area contributed by atoms with E-state index < -0.39 is 27.7 Å². The highest BCUT2D eigenvalue weighted by Gasteiger charge is 2.64. The van der Waals surface area contributed by atoms with Gasteiger partial charge in [-0.3, -0.25) is 19.9 Å². The van der Waals surface area contributed by atoms with Gasteiger partial charge in [0.1, 0.15) is 23.8 Å². The molecule has 10 heteroatoms.